The van der Waals surface area contributed by atoms with Gasteiger partial charge in [0.25, 0.3) is 0 Å². The minimum atomic E-state index is 0.373. The van der Waals surface area contributed by atoms with E-state index in [-0.39, 0.29) is 0 Å². The van der Waals surface area contributed by atoms with Crippen molar-refractivity contribution in [3.8, 4) is 0 Å². The Hall–Kier alpha value is -1.17. The van der Waals surface area contributed by atoms with Gasteiger partial charge in [0.2, 0.25) is 0 Å². The van der Waals surface area contributed by atoms with Crippen LogP contribution in [-0.2, 0) is 6.54 Å². The van der Waals surface area contributed by atoms with Crippen molar-refractivity contribution in [1.82, 2.24) is 14.7 Å². The van der Waals surface area contributed by atoms with Crippen LogP contribution in [0, 0.1) is 20.8 Å². The maximum absolute atomic E-state index is 4.63. The molecule has 3 aromatic rings. The average molecular weight is 305 g/mol. The molecular formula is C15H19N3S2. The molecule has 20 heavy (non-hydrogen) atoms. The van der Waals surface area contributed by atoms with E-state index in [1.165, 1.54) is 21.1 Å². The summed E-state index contributed by atoms with van der Waals surface area (Å²) in [4.78, 5) is 8.48. The highest BCUT2D eigenvalue weighted by atomic mass is 32.1. The van der Waals surface area contributed by atoms with E-state index in [9.17, 15) is 0 Å². The number of hydrogen-bond donors (Lipinski definition) is 1. The Labute approximate surface area is 127 Å². The fourth-order valence-corrected chi connectivity index (χ4v) is 4.25. The minimum absolute atomic E-state index is 0.373. The van der Waals surface area contributed by atoms with Crippen molar-refractivity contribution >= 4 is 27.6 Å². The molecule has 0 spiro atoms. The Kier molecular flexibility index (Phi) is 3.67. The summed E-state index contributed by atoms with van der Waals surface area (Å²) < 4.78 is 2.26. The third-order valence-corrected chi connectivity index (χ3v) is 5.72. The third kappa shape index (κ3) is 2.41. The molecule has 3 nitrogen and oxygen atoms in total. The number of imidazole rings is 1. The summed E-state index contributed by atoms with van der Waals surface area (Å²) in [6.45, 7) is 9.46. The van der Waals surface area contributed by atoms with Gasteiger partial charge < -0.3 is 5.32 Å². The number of rotatable bonds is 4. The molecule has 5 heteroatoms. The van der Waals surface area contributed by atoms with E-state index in [2.05, 4.69) is 59.9 Å². The lowest BCUT2D eigenvalue weighted by atomic mass is 10.2. The Morgan fingerprint density at radius 2 is 2.10 bits per heavy atom. The molecule has 0 saturated carbocycles. The molecule has 3 aromatic heterocycles. The molecule has 0 saturated heterocycles. The first-order valence-corrected chi connectivity index (χ1v) is 8.47. The number of hydrogen-bond acceptors (Lipinski definition) is 4. The second-order valence-corrected chi connectivity index (χ2v) is 7.35. The van der Waals surface area contributed by atoms with E-state index >= 15 is 0 Å². The van der Waals surface area contributed by atoms with Crippen LogP contribution in [0.4, 0.5) is 0 Å². The highest BCUT2D eigenvalue weighted by Crippen LogP contribution is 2.24. The van der Waals surface area contributed by atoms with E-state index in [1.54, 1.807) is 11.3 Å². The van der Waals surface area contributed by atoms with Crippen molar-refractivity contribution in [3.05, 3.63) is 44.3 Å². The third-order valence-electron chi connectivity index (χ3n) is 3.59. The second-order valence-electron chi connectivity index (χ2n) is 5.19. The van der Waals surface area contributed by atoms with E-state index in [0.29, 0.717) is 6.04 Å². The van der Waals surface area contributed by atoms with Crippen molar-refractivity contribution in [3.63, 3.8) is 0 Å². The fraction of sp³-hybridized carbons (Fsp3) is 0.400. The smallest absolute Gasteiger partial charge is 0.194 e. The quantitative estimate of drug-likeness (QED) is 0.781. The number of nitrogens with one attached hydrogen (secondary N) is 1. The number of aryl methyl sites for hydroxylation is 3. The zero-order valence-corrected chi connectivity index (χ0v) is 13.9. The molecule has 0 aliphatic rings. The molecule has 0 aliphatic heterocycles. The summed E-state index contributed by atoms with van der Waals surface area (Å²) >= 11 is 3.57. The molecule has 3 heterocycles. The number of fused-ring (bicyclic) bond motifs is 1. The van der Waals surface area contributed by atoms with Gasteiger partial charge in [0.15, 0.2) is 4.96 Å². The van der Waals surface area contributed by atoms with Crippen LogP contribution in [0.3, 0.4) is 0 Å². The summed E-state index contributed by atoms with van der Waals surface area (Å²) in [5.74, 6) is 0. The molecular weight excluding hydrogens is 286 g/mol. The zero-order valence-electron chi connectivity index (χ0n) is 12.2. The van der Waals surface area contributed by atoms with E-state index in [0.717, 1.165) is 17.2 Å². The van der Waals surface area contributed by atoms with E-state index in [4.69, 9.17) is 0 Å². The summed E-state index contributed by atoms with van der Waals surface area (Å²) in [6, 6.07) is 4.77. The first-order chi connectivity index (χ1) is 9.56. The average Bonchev–Trinajstić information content (AvgIpc) is 3.06. The Morgan fingerprint density at radius 1 is 1.30 bits per heavy atom. The highest BCUT2D eigenvalue weighted by Gasteiger charge is 2.14. The van der Waals surface area contributed by atoms with Crippen LogP contribution in [-0.4, -0.2) is 9.38 Å². The van der Waals surface area contributed by atoms with Gasteiger partial charge >= 0.3 is 0 Å². The molecule has 0 fully saturated rings. The molecule has 0 aliphatic carbocycles. The molecule has 1 atom stereocenters. The van der Waals surface area contributed by atoms with Crippen molar-refractivity contribution in [1.29, 1.82) is 0 Å². The van der Waals surface area contributed by atoms with Gasteiger partial charge in [0.1, 0.15) is 0 Å². The topological polar surface area (TPSA) is 29.3 Å². The van der Waals surface area contributed by atoms with E-state index < -0.39 is 0 Å². The fourth-order valence-electron chi connectivity index (χ4n) is 2.41. The molecule has 3 rings (SSSR count). The van der Waals surface area contributed by atoms with Gasteiger partial charge in [-0.2, -0.15) is 0 Å². The lowest BCUT2D eigenvalue weighted by Crippen LogP contribution is -2.19. The van der Waals surface area contributed by atoms with Gasteiger partial charge in [-0.05, 0) is 39.8 Å². The second kappa shape index (κ2) is 5.31. The van der Waals surface area contributed by atoms with Crippen LogP contribution < -0.4 is 5.32 Å². The predicted molar refractivity (Wildman–Crippen MR) is 86.9 cm³/mol. The van der Waals surface area contributed by atoms with Crippen molar-refractivity contribution in [2.75, 3.05) is 0 Å². The summed E-state index contributed by atoms with van der Waals surface area (Å²) in [5.41, 5.74) is 3.67. The van der Waals surface area contributed by atoms with Gasteiger partial charge in [-0.25, -0.2) is 4.98 Å². The maximum atomic E-state index is 4.63. The molecule has 0 aromatic carbocycles. The SMILES string of the molecule is Cc1ccc(C(C)NCc2c(C)nc3scc(C)n23)s1. The number of aromatic nitrogens is 2. The Balaban J connectivity index is 1.80. The van der Waals surface area contributed by atoms with Crippen molar-refractivity contribution in [2.24, 2.45) is 0 Å². The minimum Gasteiger partial charge on any atom is -0.304 e. The van der Waals surface area contributed by atoms with Crippen molar-refractivity contribution < 1.29 is 0 Å². The lowest BCUT2D eigenvalue weighted by Gasteiger charge is -2.12. The van der Waals surface area contributed by atoms with Crippen LogP contribution in [0.2, 0.25) is 0 Å². The molecule has 0 amide bonds. The molecule has 1 unspecified atom stereocenters. The number of nitrogens with zero attached hydrogens (tertiary/aromatic N) is 2. The molecule has 1 N–H and O–H groups in total. The Bertz CT molecular complexity index is 736. The monoisotopic (exact) mass is 305 g/mol. The summed E-state index contributed by atoms with van der Waals surface area (Å²) in [5, 5.41) is 5.78. The summed E-state index contributed by atoms with van der Waals surface area (Å²) in [6.07, 6.45) is 0. The molecule has 0 bridgehead atoms. The largest absolute Gasteiger partial charge is 0.304 e. The zero-order chi connectivity index (χ0) is 14.3. The van der Waals surface area contributed by atoms with Crippen LogP contribution in [0.15, 0.2) is 17.5 Å². The maximum Gasteiger partial charge on any atom is 0.194 e. The van der Waals surface area contributed by atoms with Crippen LogP contribution in [0.25, 0.3) is 4.96 Å². The standard InChI is InChI=1S/C15H19N3S2/c1-9-8-19-15-17-11(3)13(18(9)15)7-16-12(4)14-6-5-10(2)20-14/h5-6,8,12,16H,7H2,1-4H3. The van der Waals surface area contributed by atoms with Gasteiger partial charge in [-0.15, -0.1) is 22.7 Å². The molecule has 106 valence electrons. The van der Waals surface area contributed by atoms with Crippen LogP contribution in [0.1, 0.15) is 39.8 Å². The van der Waals surface area contributed by atoms with Gasteiger partial charge in [0, 0.05) is 33.4 Å². The lowest BCUT2D eigenvalue weighted by molar-refractivity contribution is 0.571. The highest BCUT2D eigenvalue weighted by molar-refractivity contribution is 7.15. The van der Waals surface area contributed by atoms with Crippen LogP contribution in [0.5, 0.6) is 0 Å². The predicted octanol–water partition coefficient (Wildman–Crippen LogP) is 4.23. The van der Waals surface area contributed by atoms with Crippen LogP contribution >= 0.6 is 22.7 Å². The normalized spacial score (nSPS) is 13.2. The first-order valence-electron chi connectivity index (χ1n) is 6.78. The van der Waals surface area contributed by atoms with Gasteiger partial charge in [0.05, 0.1) is 11.4 Å². The first kappa shape index (κ1) is 13.8. The van der Waals surface area contributed by atoms with Gasteiger partial charge in [-0.3, -0.25) is 4.40 Å². The number of thiazole rings is 1. The summed E-state index contributed by atoms with van der Waals surface area (Å²) in [7, 11) is 0. The molecule has 0 radical (unpaired) electrons. The van der Waals surface area contributed by atoms with Gasteiger partial charge in [-0.1, -0.05) is 0 Å². The Morgan fingerprint density at radius 3 is 2.80 bits per heavy atom. The number of thiophene rings is 1. The van der Waals surface area contributed by atoms with E-state index in [1.807, 2.05) is 11.3 Å². The van der Waals surface area contributed by atoms with Crippen molar-refractivity contribution in [2.45, 2.75) is 40.3 Å².